The number of aliphatic hydroxyl groups excluding tert-OH is 1. The van der Waals surface area contributed by atoms with Gasteiger partial charge in [-0.15, -0.1) is 0 Å². The number of fused-ring (bicyclic) bond motifs is 2. The summed E-state index contributed by atoms with van der Waals surface area (Å²) in [5.74, 6) is -0.953. The molecule has 23 heavy (non-hydrogen) atoms. The van der Waals surface area contributed by atoms with E-state index in [9.17, 15) is 14.7 Å². The Hall–Kier alpha value is -2.72. The molecule has 122 valence electrons. The Morgan fingerprint density at radius 2 is 2.22 bits per heavy atom. The fraction of sp³-hybridized carbons (Fsp3) is 0.385. The van der Waals surface area contributed by atoms with Gasteiger partial charge in [0.25, 0.3) is 5.56 Å². The number of aliphatic carboxylic acids is 1. The van der Waals surface area contributed by atoms with Gasteiger partial charge in [-0.1, -0.05) is 0 Å². The van der Waals surface area contributed by atoms with Crippen molar-refractivity contribution in [1.82, 2.24) is 23.9 Å². The number of aryl methyl sites for hydroxylation is 2. The lowest BCUT2D eigenvalue weighted by molar-refractivity contribution is -0.141. The largest absolute Gasteiger partial charge is 0.480 e. The number of hydrogen-bond donors (Lipinski definition) is 4. The number of aliphatic hydroxyl groups is 1. The standard InChI is InChI=1S/C13H16N6O4/c1-5-6(3-7(20)8(14)12(22)23)19-11(21)9-10(16-4-15-9)18(2)13(19)17-5/h4,7-8,20H,3,14H2,1-2H3,(H,15,16)(H,22,23). The zero-order valence-corrected chi connectivity index (χ0v) is 12.5. The minimum Gasteiger partial charge on any atom is -0.480 e. The summed E-state index contributed by atoms with van der Waals surface area (Å²) in [4.78, 5) is 34.7. The highest BCUT2D eigenvalue weighted by molar-refractivity contribution is 5.74. The van der Waals surface area contributed by atoms with Crippen LogP contribution in [-0.2, 0) is 18.3 Å². The van der Waals surface area contributed by atoms with Gasteiger partial charge >= 0.3 is 5.97 Å². The number of carbonyl (C=O) groups is 1. The zero-order chi connectivity index (χ0) is 16.9. The normalized spacial score (nSPS) is 14.4. The van der Waals surface area contributed by atoms with E-state index in [1.54, 1.807) is 18.5 Å². The van der Waals surface area contributed by atoms with Crippen molar-refractivity contribution in [3.8, 4) is 0 Å². The van der Waals surface area contributed by atoms with Crippen LogP contribution < -0.4 is 11.3 Å². The second-order valence-corrected chi connectivity index (χ2v) is 5.38. The maximum atomic E-state index is 12.6. The van der Waals surface area contributed by atoms with Gasteiger partial charge in [0.15, 0.2) is 5.65 Å². The third-order valence-corrected chi connectivity index (χ3v) is 3.91. The fourth-order valence-electron chi connectivity index (χ4n) is 2.62. The maximum Gasteiger partial charge on any atom is 0.323 e. The molecule has 3 aromatic rings. The molecule has 0 bridgehead atoms. The summed E-state index contributed by atoms with van der Waals surface area (Å²) in [6.07, 6.45) is -0.0315. The second kappa shape index (κ2) is 5.18. The van der Waals surface area contributed by atoms with Crippen molar-refractivity contribution in [3.05, 3.63) is 28.1 Å². The van der Waals surface area contributed by atoms with Gasteiger partial charge in [-0.25, -0.2) is 14.4 Å². The van der Waals surface area contributed by atoms with Crippen LogP contribution in [0, 0.1) is 6.92 Å². The van der Waals surface area contributed by atoms with E-state index in [0.29, 0.717) is 28.3 Å². The van der Waals surface area contributed by atoms with Gasteiger partial charge in [-0.05, 0) is 6.92 Å². The van der Waals surface area contributed by atoms with Gasteiger partial charge in [0, 0.05) is 13.5 Å². The van der Waals surface area contributed by atoms with Gasteiger partial charge in [0.2, 0.25) is 5.78 Å². The number of nitrogens with two attached hydrogens (primary N) is 1. The van der Waals surface area contributed by atoms with E-state index < -0.39 is 18.1 Å². The minimum atomic E-state index is -1.44. The number of nitrogens with one attached hydrogen (secondary N) is 1. The Balaban J connectivity index is 2.22. The smallest absolute Gasteiger partial charge is 0.323 e. The molecule has 10 nitrogen and oxygen atoms in total. The average Bonchev–Trinajstić information content (AvgIpc) is 3.10. The number of aromatic amines is 1. The Morgan fingerprint density at radius 3 is 2.87 bits per heavy atom. The Morgan fingerprint density at radius 1 is 1.52 bits per heavy atom. The predicted molar refractivity (Wildman–Crippen MR) is 80.1 cm³/mol. The van der Waals surface area contributed by atoms with Gasteiger partial charge in [0.1, 0.15) is 11.6 Å². The molecule has 3 heterocycles. The van der Waals surface area contributed by atoms with Crippen molar-refractivity contribution >= 4 is 22.9 Å². The van der Waals surface area contributed by atoms with Crippen LogP contribution >= 0.6 is 0 Å². The number of rotatable bonds is 4. The molecule has 10 heteroatoms. The monoisotopic (exact) mass is 320 g/mol. The van der Waals surface area contributed by atoms with Crippen LogP contribution in [0.4, 0.5) is 0 Å². The molecule has 0 spiro atoms. The lowest BCUT2D eigenvalue weighted by atomic mass is 10.1. The molecule has 0 aliphatic rings. The van der Waals surface area contributed by atoms with Crippen LogP contribution in [0.1, 0.15) is 11.4 Å². The highest BCUT2D eigenvalue weighted by atomic mass is 16.4. The number of imidazole rings is 2. The number of H-pyrrole nitrogens is 1. The van der Waals surface area contributed by atoms with Crippen molar-refractivity contribution in [1.29, 1.82) is 0 Å². The molecular formula is C13H16N6O4. The molecule has 0 saturated heterocycles. The first-order valence-electron chi connectivity index (χ1n) is 6.89. The number of carboxylic acid groups (broad SMARTS) is 1. The molecule has 2 atom stereocenters. The number of nitrogens with zero attached hydrogens (tertiary/aromatic N) is 4. The molecule has 0 fully saturated rings. The van der Waals surface area contributed by atoms with Crippen molar-refractivity contribution in [2.45, 2.75) is 25.5 Å². The molecule has 0 aromatic carbocycles. The SMILES string of the molecule is Cc1nc2n(C)c3nc[nH]c3c(=O)n2c1CC(O)C(N)C(=O)O. The van der Waals surface area contributed by atoms with Crippen molar-refractivity contribution in [3.63, 3.8) is 0 Å². The topological polar surface area (TPSA) is 152 Å². The zero-order valence-electron chi connectivity index (χ0n) is 12.5. The molecular weight excluding hydrogens is 304 g/mol. The van der Waals surface area contributed by atoms with Crippen molar-refractivity contribution in [2.75, 3.05) is 0 Å². The number of aromatic nitrogens is 5. The van der Waals surface area contributed by atoms with E-state index in [2.05, 4.69) is 15.0 Å². The molecule has 3 aromatic heterocycles. The third kappa shape index (κ3) is 2.19. The molecule has 3 rings (SSSR count). The first-order chi connectivity index (χ1) is 10.8. The number of hydrogen-bond acceptors (Lipinski definition) is 6. The first kappa shape index (κ1) is 15.2. The lowest BCUT2D eigenvalue weighted by Gasteiger charge is -2.15. The number of carboxylic acids is 1. The maximum absolute atomic E-state index is 12.6. The van der Waals surface area contributed by atoms with Crippen LogP contribution in [0.25, 0.3) is 16.9 Å². The lowest BCUT2D eigenvalue weighted by Crippen LogP contribution is -2.43. The molecule has 0 aliphatic heterocycles. The van der Waals surface area contributed by atoms with Crippen LogP contribution in [-0.4, -0.2) is 52.2 Å². The summed E-state index contributed by atoms with van der Waals surface area (Å²) < 4.78 is 2.99. The Kier molecular flexibility index (Phi) is 3.42. The summed E-state index contributed by atoms with van der Waals surface area (Å²) in [6.45, 7) is 1.68. The van der Waals surface area contributed by atoms with Crippen molar-refractivity contribution < 1.29 is 15.0 Å². The fourth-order valence-corrected chi connectivity index (χ4v) is 2.62. The van der Waals surface area contributed by atoms with Gasteiger partial charge < -0.3 is 20.9 Å². The molecule has 0 aliphatic carbocycles. The van der Waals surface area contributed by atoms with Crippen LogP contribution in [0.5, 0.6) is 0 Å². The van der Waals surface area contributed by atoms with Gasteiger partial charge in [-0.2, -0.15) is 0 Å². The van der Waals surface area contributed by atoms with Gasteiger partial charge in [0.05, 0.1) is 23.8 Å². The first-order valence-corrected chi connectivity index (χ1v) is 6.89. The molecule has 2 unspecified atom stereocenters. The van der Waals surface area contributed by atoms with Gasteiger partial charge in [-0.3, -0.25) is 14.2 Å². The molecule has 0 amide bonds. The highest BCUT2D eigenvalue weighted by Gasteiger charge is 2.26. The summed E-state index contributed by atoms with van der Waals surface area (Å²) in [7, 11) is 1.72. The van der Waals surface area contributed by atoms with Crippen LogP contribution in [0.2, 0.25) is 0 Å². The molecule has 0 saturated carbocycles. The van der Waals surface area contributed by atoms with E-state index in [4.69, 9.17) is 10.8 Å². The summed E-state index contributed by atoms with van der Waals surface area (Å²) in [6, 6.07) is -1.44. The van der Waals surface area contributed by atoms with E-state index in [0.717, 1.165) is 0 Å². The van der Waals surface area contributed by atoms with Crippen LogP contribution in [0.3, 0.4) is 0 Å². The highest BCUT2D eigenvalue weighted by Crippen LogP contribution is 2.16. The third-order valence-electron chi connectivity index (χ3n) is 3.91. The average molecular weight is 320 g/mol. The molecule has 5 N–H and O–H groups in total. The predicted octanol–water partition coefficient (Wildman–Crippen LogP) is -1.47. The van der Waals surface area contributed by atoms with E-state index in [-0.39, 0.29) is 12.0 Å². The van der Waals surface area contributed by atoms with Crippen LogP contribution in [0.15, 0.2) is 11.1 Å². The summed E-state index contributed by atoms with van der Waals surface area (Å²) in [5, 5.41) is 18.9. The van der Waals surface area contributed by atoms with Crippen molar-refractivity contribution in [2.24, 2.45) is 12.8 Å². The molecule has 0 radical (unpaired) electrons. The Labute approximate surface area is 129 Å². The van der Waals surface area contributed by atoms with E-state index >= 15 is 0 Å². The summed E-state index contributed by atoms with van der Waals surface area (Å²) >= 11 is 0. The quantitative estimate of drug-likeness (QED) is 0.458. The Bertz CT molecular complexity index is 968. The summed E-state index contributed by atoms with van der Waals surface area (Å²) in [5.41, 5.74) is 6.77. The van der Waals surface area contributed by atoms with E-state index in [1.165, 1.54) is 10.7 Å². The minimum absolute atomic E-state index is 0.102. The second-order valence-electron chi connectivity index (χ2n) is 5.38. The van der Waals surface area contributed by atoms with E-state index in [1.807, 2.05) is 0 Å².